The summed E-state index contributed by atoms with van der Waals surface area (Å²) in [5, 5.41) is 11.3. The fourth-order valence-corrected chi connectivity index (χ4v) is 11.6. The number of aromatic nitrogens is 16. The first-order chi connectivity index (χ1) is 50.7. The molecule has 0 spiro atoms. The van der Waals surface area contributed by atoms with E-state index in [2.05, 4.69) is 75.8 Å². The number of amides is 4. The topological polar surface area (TPSA) is 373 Å². The van der Waals surface area contributed by atoms with Crippen molar-refractivity contribution in [2.75, 3.05) is 30.8 Å². The number of imidazole rings is 4. The van der Waals surface area contributed by atoms with Crippen LogP contribution >= 0.6 is 0 Å². The number of ether oxygens (including phenoxy) is 1. The molecular formula is C74H88N20O13. The molecule has 0 saturated heterocycles. The van der Waals surface area contributed by atoms with Gasteiger partial charge in [0.05, 0.1) is 32.4 Å². The summed E-state index contributed by atoms with van der Waals surface area (Å²) in [5.41, 5.74) is 5.52. The first kappa shape index (κ1) is 78.3. The van der Waals surface area contributed by atoms with Crippen LogP contribution in [0.5, 0.6) is 5.75 Å². The minimum atomic E-state index is -0.479. The maximum absolute atomic E-state index is 12.4. The molecule has 0 aliphatic carbocycles. The summed E-state index contributed by atoms with van der Waals surface area (Å²) in [6, 6.07) is 31.3. The number of rotatable bonds is 19. The molecule has 0 aliphatic heterocycles. The van der Waals surface area contributed by atoms with Crippen LogP contribution in [0.3, 0.4) is 0 Å². The smallest absolute Gasteiger partial charge is 0.332 e. The highest BCUT2D eigenvalue weighted by molar-refractivity contribution is 5.92. The van der Waals surface area contributed by atoms with Crippen LogP contribution in [0.1, 0.15) is 74.8 Å². The molecule has 562 valence electrons. The second-order valence-electron chi connectivity index (χ2n) is 27.1. The number of aryl methyl sites for hydroxylation is 6. The van der Waals surface area contributed by atoms with E-state index in [0.29, 0.717) is 30.4 Å². The summed E-state index contributed by atoms with van der Waals surface area (Å²) >= 11 is 0. The lowest BCUT2D eigenvalue weighted by atomic mass is 9.87. The zero-order valence-electron chi connectivity index (χ0n) is 62.5. The van der Waals surface area contributed by atoms with Crippen LogP contribution in [0.4, 0.5) is 11.4 Å². The Morgan fingerprint density at radius 2 is 0.729 bits per heavy atom. The van der Waals surface area contributed by atoms with Gasteiger partial charge in [-0.2, -0.15) is 0 Å². The van der Waals surface area contributed by atoms with Crippen molar-refractivity contribution in [1.82, 2.24) is 85.4 Å². The Morgan fingerprint density at radius 3 is 1.07 bits per heavy atom. The SMILES string of the molecule is CC(C)c1ccc(NC(=O)Cn2cnc3c2c(=O)n(C)c(=O)n3C)cc1.COc1ccc(CCCNC(=O)Cn2cnc3c2c(=O)n(C)c(=O)n3C)cc1.Cc1ccc(CCNC(=O)Cn2cnc3c2c(=O)n(C)c(=O)n3C)cc1.Cn1c(=O)c2c(ncn2CC(=O)Nc2ccc(C(C)(C)C)cc2)n(C)c1=O. The molecule has 0 atom stereocenters. The maximum Gasteiger partial charge on any atom is 0.332 e. The minimum Gasteiger partial charge on any atom is -0.497 e. The average Bonchev–Trinajstić information content (AvgIpc) is 1.66. The van der Waals surface area contributed by atoms with Crippen LogP contribution in [0.25, 0.3) is 44.7 Å². The first-order valence-corrected chi connectivity index (χ1v) is 34.1. The number of nitrogens with one attached hydrogen (secondary N) is 4. The number of carbonyl (C=O) groups excluding carboxylic acids is 4. The molecule has 8 aromatic heterocycles. The molecule has 12 rings (SSSR count). The molecule has 33 nitrogen and oxygen atoms in total. The molecule has 8 heterocycles. The van der Waals surface area contributed by atoms with Crippen molar-refractivity contribution in [3.63, 3.8) is 0 Å². The Hall–Kier alpha value is -12.8. The van der Waals surface area contributed by atoms with Crippen molar-refractivity contribution in [2.24, 2.45) is 56.4 Å². The lowest BCUT2D eigenvalue weighted by Gasteiger charge is -2.19. The number of methoxy groups -OCH3 is 1. The van der Waals surface area contributed by atoms with Crippen molar-refractivity contribution < 1.29 is 23.9 Å². The quantitative estimate of drug-likeness (QED) is 0.0846. The van der Waals surface area contributed by atoms with Gasteiger partial charge >= 0.3 is 22.8 Å². The van der Waals surface area contributed by atoms with E-state index >= 15 is 0 Å². The average molecular weight is 1470 g/mol. The minimum absolute atomic E-state index is 0.0299. The lowest BCUT2D eigenvalue weighted by Crippen LogP contribution is -2.38. The molecule has 0 radical (unpaired) electrons. The number of fused-ring (bicyclic) bond motifs is 4. The maximum atomic E-state index is 12.4. The van der Waals surface area contributed by atoms with Crippen molar-refractivity contribution >= 4 is 79.7 Å². The molecule has 4 N–H and O–H groups in total. The Kier molecular flexibility index (Phi) is 24.4. The van der Waals surface area contributed by atoms with Gasteiger partial charge in [-0.25, -0.2) is 39.1 Å². The van der Waals surface area contributed by atoms with Gasteiger partial charge < -0.3 is 44.3 Å². The van der Waals surface area contributed by atoms with Gasteiger partial charge in [-0.1, -0.05) is 101 Å². The van der Waals surface area contributed by atoms with Crippen LogP contribution in [0.15, 0.2) is 161 Å². The highest BCUT2D eigenvalue weighted by Crippen LogP contribution is 2.24. The van der Waals surface area contributed by atoms with Gasteiger partial charge in [-0.3, -0.25) is 74.9 Å². The highest BCUT2D eigenvalue weighted by Gasteiger charge is 2.22. The number of hydrogen-bond donors (Lipinski definition) is 4. The standard InChI is InChI=1S/C19H23N5O4.C19H23N5O3.2C18H21N5O3/c1-22-17-16(18(26)23(2)19(22)27)24(12-21-17)11-15(25)20-10-4-5-13-6-8-14(28-3)9-7-13;1-19(2,3)12-6-8-13(9-7-12)21-14(25)10-24-11-20-16-15(24)17(26)23(5)18(27)22(16)4;1-11(2)12-5-7-13(8-6-12)20-14(24)9-23-10-19-16-15(23)17(25)22(4)18(26)21(16)3;1-12-4-6-13(7-5-12)8-9-19-14(24)10-23-11-20-16-15(23)17(25)22(3)18(26)21(16)2/h6-9,12H,4-5,10-11H2,1-3H3,(H,20,25);6-9,11H,10H2,1-5H3,(H,21,25);5-8,10-11H,9H2,1-4H3,(H,20,24);4-7,11H,8-10H2,1-3H3,(H,19,24). The fraction of sp³-hybridized carbons (Fsp3) is 0.351. The van der Waals surface area contributed by atoms with Crippen LogP contribution < -0.4 is 71.0 Å². The predicted molar refractivity (Wildman–Crippen MR) is 406 cm³/mol. The van der Waals surface area contributed by atoms with Crippen LogP contribution in [0.2, 0.25) is 0 Å². The molecule has 0 aliphatic rings. The molecule has 4 aromatic carbocycles. The normalized spacial score (nSPS) is 11.3. The molecule has 0 bridgehead atoms. The highest BCUT2D eigenvalue weighted by atomic mass is 16.5. The number of nitrogens with zero attached hydrogens (tertiary/aromatic N) is 16. The summed E-state index contributed by atoms with van der Waals surface area (Å²) in [6.07, 6.45) is 7.96. The number of carbonyl (C=O) groups is 4. The number of hydrogen-bond acceptors (Lipinski definition) is 17. The Balaban J connectivity index is 0.000000165. The second kappa shape index (κ2) is 33.3. The largest absolute Gasteiger partial charge is 0.497 e. The molecule has 0 saturated carbocycles. The van der Waals surface area contributed by atoms with Gasteiger partial charge in [0.25, 0.3) is 22.2 Å². The zero-order valence-corrected chi connectivity index (χ0v) is 62.5. The molecule has 0 unspecified atom stereocenters. The van der Waals surface area contributed by atoms with Crippen molar-refractivity contribution in [2.45, 2.75) is 98.3 Å². The van der Waals surface area contributed by atoms with Crippen molar-refractivity contribution in [1.29, 1.82) is 0 Å². The van der Waals surface area contributed by atoms with E-state index in [0.717, 1.165) is 48.8 Å². The van der Waals surface area contributed by atoms with Gasteiger partial charge in [-0.05, 0) is 96.2 Å². The van der Waals surface area contributed by atoms with E-state index in [9.17, 15) is 57.5 Å². The van der Waals surface area contributed by atoms with Crippen molar-refractivity contribution in [3.8, 4) is 5.75 Å². The molecule has 4 amide bonds. The van der Waals surface area contributed by atoms with E-state index < -0.39 is 45.0 Å². The van der Waals surface area contributed by atoms with E-state index in [1.807, 2.05) is 104 Å². The number of benzene rings is 4. The Bertz CT molecular complexity index is 5830. The zero-order chi connectivity index (χ0) is 78.0. The Morgan fingerprint density at radius 1 is 0.411 bits per heavy atom. The third-order valence-corrected chi connectivity index (χ3v) is 18.0. The fourth-order valence-electron chi connectivity index (χ4n) is 11.6. The summed E-state index contributed by atoms with van der Waals surface area (Å²) in [4.78, 5) is 163. The van der Waals surface area contributed by atoms with E-state index in [4.69, 9.17) is 4.74 Å². The van der Waals surface area contributed by atoms with Gasteiger partial charge in [0, 0.05) is 80.8 Å². The predicted octanol–water partition coefficient (Wildman–Crippen LogP) is 2.86. The summed E-state index contributed by atoms with van der Waals surface area (Å²) in [7, 11) is 13.4. The molecule has 12 aromatic rings. The third-order valence-electron chi connectivity index (χ3n) is 18.0. The number of anilines is 2. The Labute approximate surface area is 611 Å². The lowest BCUT2D eigenvalue weighted by molar-refractivity contribution is -0.122. The van der Waals surface area contributed by atoms with Gasteiger partial charge in [0.1, 0.15) is 31.9 Å². The van der Waals surface area contributed by atoms with Gasteiger partial charge in [0.2, 0.25) is 23.6 Å². The molecule has 0 fully saturated rings. The molecule has 107 heavy (non-hydrogen) atoms. The van der Waals surface area contributed by atoms with Gasteiger partial charge in [0.15, 0.2) is 44.7 Å². The molecular weight excluding hydrogens is 1380 g/mol. The monoisotopic (exact) mass is 1460 g/mol. The summed E-state index contributed by atoms with van der Waals surface area (Å²) < 4.78 is 20.2. The van der Waals surface area contributed by atoms with Crippen LogP contribution in [-0.2, 0) is 120 Å². The van der Waals surface area contributed by atoms with Gasteiger partial charge in [-0.15, -0.1) is 0 Å². The summed E-state index contributed by atoms with van der Waals surface area (Å²) in [5.74, 6) is 0.233. The third kappa shape index (κ3) is 17.9. The summed E-state index contributed by atoms with van der Waals surface area (Å²) in [6.45, 7) is 13.4. The van der Waals surface area contributed by atoms with E-state index in [1.54, 1.807) is 21.2 Å². The van der Waals surface area contributed by atoms with Crippen LogP contribution in [0, 0.1) is 6.92 Å². The second-order valence-corrected chi connectivity index (χ2v) is 27.1. The van der Waals surface area contributed by atoms with Crippen LogP contribution in [-0.4, -0.2) is 119 Å². The van der Waals surface area contributed by atoms with E-state index in [1.165, 1.54) is 126 Å². The molecule has 33 heteroatoms. The van der Waals surface area contributed by atoms with Crippen molar-refractivity contribution in [3.05, 3.63) is 234 Å². The van der Waals surface area contributed by atoms with E-state index in [-0.39, 0.29) is 99.9 Å². The first-order valence-electron chi connectivity index (χ1n) is 34.1.